The minimum Gasteiger partial charge on any atom is -0.481 e. The summed E-state index contributed by atoms with van der Waals surface area (Å²) in [5.74, 6) is -2.72. The third-order valence-corrected chi connectivity index (χ3v) is 8.75. The lowest BCUT2D eigenvalue weighted by Crippen LogP contribution is -2.52. The first-order valence-corrected chi connectivity index (χ1v) is 15.7. The number of aryl methyl sites for hydroxylation is 1. The van der Waals surface area contributed by atoms with Crippen molar-refractivity contribution in [1.29, 1.82) is 0 Å². The number of carbonyl (C=O) groups is 1. The topological polar surface area (TPSA) is 106 Å². The van der Waals surface area contributed by atoms with Crippen molar-refractivity contribution < 1.29 is 63.3 Å². The molecule has 1 N–H and O–H groups in total. The molecule has 0 spiro atoms. The molecule has 2 heterocycles. The van der Waals surface area contributed by atoms with E-state index in [0.717, 1.165) is 21.8 Å². The molecule has 0 amide bonds. The Morgan fingerprint density at radius 2 is 1.40 bits per heavy atom. The largest absolute Gasteiger partial charge is 0.507 e. The molecule has 0 bridgehead atoms. The molecule has 0 atom stereocenters. The average Bonchev–Trinajstić information content (AvgIpc) is 3.45. The Bertz CT molecular complexity index is 1700. The number of hydrogen-bond donors (Lipinski definition) is 1. The fourth-order valence-electron chi connectivity index (χ4n) is 6.28. The Labute approximate surface area is 296 Å². The van der Waals surface area contributed by atoms with Crippen molar-refractivity contribution in [1.82, 2.24) is 20.2 Å². The van der Waals surface area contributed by atoms with Crippen molar-refractivity contribution in [3.05, 3.63) is 52.6 Å². The zero-order valence-electron chi connectivity index (χ0n) is 27.4. The predicted octanol–water partition coefficient (Wildman–Crippen LogP) is 7.94. The lowest BCUT2D eigenvalue weighted by molar-refractivity contribution is -0.391. The van der Waals surface area contributed by atoms with E-state index in [-0.39, 0.29) is 60.5 Å². The van der Waals surface area contributed by atoms with Crippen molar-refractivity contribution >= 4 is 30.0 Å². The average molecular weight is 779 g/mol. The number of carboxylic acid groups (broad SMARTS) is 1. The van der Waals surface area contributed by atoms with Gasteiger partial charge in [-0.05, 0) is 85.0 Å². The first kappa shape index (κ1) is 40.5. The SMILES string of the molecule is CCN(C[C@H]1CC[C@H](CC(=O)O)CC1)c1cc2c(cc1CN(Cc1cc(C(F)(F)F)cc(C(F)(F)F)c1)c1nnn(C)n1)OC(F)(F)C(F)(F)O2.Cl. The van der Waals surface area contributed by atoms with Gasteiger partial charge in [-0.3, -0.25) is 4.79 Å². The number of aromatic nitrogens is 4. The molecule has 21 heteroatoms. The van der Waals surface area contributed by atoms with Gasteiger partial charge in [0.05, 0.1) is 18.2 Å². The number of tetrazole rings is 1. The molecule has 2 aliphatic rings. The zero-order chi connectivity index (χ0) is 37.5. The smallest absolute Gasteiger partial charge is 0.481 e. The Balaban J connectivity index is 0.00000605. The second kappa shape index (κ2) is 15.0. The maximum absolute atomic E-state index is 14.3. The summed E-state index contributed by atoms with van der Waals surface area (Å²) in [6.45, 7) is 1.14. The van der Waals surface area contributed by atoms with E-state index in [2.05, 4.69) is 24.9 Å². The summed E-state index contributed by atoms with van der Waals surface area (Å²) in [7, 11) is 1.35. The number of fused-ring (bicyclic) bond motifs is 1. The van der Waals surface area contributed by atoms with Crippen LogP contribution < -0.4 is 19.3 Å². The molecule has 0 radical (unpaired) electrons. The number of hydrogen-bond acceptors (Lipinski definition) is 8. The molecule has 1 fully saturated rings. The van der Waals surface area contributed by atoms with Crippen molar-refractivity contribution in [2.45, 2.75) is 76.7 Å². The maximum Gasteiger partial charge on any atom is 0.507 e. The molecular formula is C31H33ClF10N6O4. The highest BCUT2D eigenvalue weighted by atomic mass is 35.5. The molecule has 1 saturated carbocycles. The lowest BCUT2D eigenvalue weighted by atomic mass is 9.80. The first-order valence-electron chi connectivity index (χ1n) is 15.7. The molecule has 0 saturated heterocycles. The van der Waals surface area contributed by atoms with Gasteiger partial charge < -0.3 is 24.4 Å². The molecule has 5 rings (SSSR count). The van der Waals surface area contributed by atoms with E-state index in [1.54, 1.807) is 11.8 Å². The van der Waals surface area contributed by atoms with Gasteiger partial charge in [0.15, 0.2) is 11.5 Å². The number of nitrogens with zero attached hydrogens (tertiary/aromatic N) is 6. The number of aliphatic carboxylic acids is 1. The number of ether oxygens (including phenoxy) is 2. The van der Waals surface area contributed by atoms with Gasteiger partial charge in [-0.1, -0.05) is 5.10 Å². The molecule has 10 nitrogen and oxygen atoms in total. The van der Waals surface area contributed by atoms with Crippen LogP contribution >= 0.6 is 12.4 Å². The van der Waals surface area contributed by atoms with Crippen LogP contribution in [0.5, 0.6) is 11.5 Å². The monoisotopic (exact) mass is 778 g/mol. The maximum atomic E-state index is 14.3. The Kier molecular flexibility index (Phi) is 11.7. The van der Waals surface area contributed by atoms with Crippen LogP contribution in [-0.2, 0) is 37.3 Å². The van der Waals surface area contributed by atoms with Gasteiger partial charge in [0.2, 0.25) is 0 Å². The number of halogens is 11. The molecule has 1 aliphatic heterocycles. The van der Waals surface area contributed by atoms with E-state index in [1.165, 1.54) is 7.05 Å². The fraction of sp³-hybridized carbons (Fsp3) is 0.548. The summed E-state index contributed by atoms with van der Waals surface area (Å²) in [6.07, 6.45) is -17.9. The summed E-state index contributed by atoms with van der Waals surface area (Å²) in [6, 6.07) is 3.05. The van der Waals surface area contributed by atoms with Gasteiger partial charge in [0, 0.05) is 44.4 Å². The summed E-state index contributed by atoms with van der Waals surface area (Å²) >= 11 is 0. The number of alkyl halides is 10. The van der Waals surface area contributed by atoms with Crippen molar-refractivity contribution in [3.63, 3.8) is 0 Å². The van der Waals surface area contributed by atoms with Crippen LogP contribution in [0.15, 0.2) is 30.3 Å². The standard InChI is InChI=1S/C31H32F10N6O4.ClH/c1-3-46(14-18-6-4-17(5-7-18)10-26(48)49)23-13-25-24(50-30(38,39)31(40,41)51-25)11-20(23)16-47(27-42-44-45(2)43-27)15-19-8-21(28(32,33)34)12-22(9-19)29(35,36)37;/h8-9,11-13,17-18H,3-7,10,14-16H2,1-2H3,(H,48,49);1H/t17-,18-;. The molecule has 3 aromatic rings. The van der Waals surface area contributed by atoms with Gasteiger partial charge in [0.1, 0.15) is 0 Å². The van der Waals surface area contributed by atoms with E-state index >= 15 is 0 Å². The molecule has 1 aliphatic carbocycles. The highest BCUT2D eigenvalue weighted by Crippen LogP contribution is 2.49. The molecule has 1 aromatic heterocycles. The quantitative estimate of drug-likeness (QED) is 0.194. The van der Waals surface area contributed by atoms with Gasteiger partial charge in [-0.15, -0.1) is 17.5 Å². The normalized spacial score (nSPS) is 19.5. The van der Waals surface area contributed by atoms with Gasteiger partial charge in [-0.2, -0.15) is 48.7 Å². The van der Waals surface area contributed by atoms with E-state index in [1.807, 2.05) is 0 Å². The van der Waals surface area contributed by atoms with Gasteiger partial charge >= 0.3 is 30.5 Å². The number of benzene rings is 2. The Hall–Kier alpha value is -4.23. The number of carboxylic acids is 1. The van der Waals surface area contributed by atoms with E-state index < -0.39 is 71.8 Å². The molecule has 2 aromatic carbocycles. The van der Waals surface area contributed by atoms with E-state index in [0.29, 0.717) is 44.4 Å². The molecule has 52 heavy (non-hydrogen) atoms. The zero-order valence-corrected chi connectivity index (χ0v) is 28.3. The molecule has 0 unspecified atom stereocenters. The van der Waals surface area contributed by atoms with Gasteiger partial charge in [0.25, 0.3) is 5.95 Å². The van der Waals surface area contributed by atoms with Crippen LogP contribution in [0, 0.1) is 11.8 Å². The van der Waals surface area contributed by atoms with Crippen molar-refractivity contribution in [2.75, 3.05) is 22.9 Å². The third kappa shape index (κ3) is 9.22. The first-order chi connectivity index (χ1) is 23.6. The summed E-state index contributed by atoms with van der Waals surface area (Å²) in [5, 5.41) is 20.7. The molecular weight excluding hydrogens is 746 g/mol. The van der Waals surface area contributed by atoms with E-state index in [4.69, 9.17) is 5.11 Å². The summed E-state index contributed by atoms with van der Waals surface area (Å²) in [5.41, 5.74) is -3.35. The second-order valence-corrected chi connectivity index (χ2v) is 12.5. The lowest BCUT2D eigenvalue weighted by Gasteiger charge is -2.36. The number of rotatable bonds is 11. The minimum absolute atomic E-state index is 0. The van der Waals surface area contributed by atoms with Crippen LogP contribution in [0.3, 0.4) is 0 Å². The summed E-state index contributed by atoms with van der Waals surface area (Å²) < 4.78 is 148. The fourth-order valence-corrected chi connectivity index (χ4v) is 6.28. The highest BCUT2D eigenvalue weighted by Gasteiger charge is 2.66. The van der Waals surface area contributed by atoms with Crippen LogP contribution in [0.25, 0.3) is 0 Å². The van der Waals surface area contributed by atoms with Gasteiger partial charge in [-0.25, -0.2) is 0 Å². The Morgan fingerprint density at radius 1 is 0.865 bits per heavy atom. The summed E-state index contributed by atoms with van der Waals surface area (Å²) in [4.78, 5) is 15.0. The van der Waals surface area contributed by atoms with Crippen LogP contribution in [0.2, 0.25) is 0 Å². The van der Waals surface area contributed by atoms with Crippen LogP contribution in [0.1, 0.15) is 61.3 Å². The minimum atomic E-state index is -5.14. The van der Waals surface area contributed by atoms with Crippen LogP contribution in [0.4, 0.5) is 55.5 Å². The predicted molar refractivity (Wildman–Crippen MR) is 166 cm³/mol. The number of anilines is 2. The third-order valence-electron chi connectivity index (χ3n) is 8.75. The molecule has 288 valence electrons. The van der Waals surface area contributed by atoms with Crippen molar-refractivity contribution in [3.8, 4) is 11.5 Å². The highest BCUT2D eigenvalue weighted by molar-refractivity contribution is 5.85. The van der Waals surface area contributed by atoms with E-state index in [9.17, 15) is 48.7 Å². The van der Waals surface area contributed by atoms with Crippen LogP contribution in [-0.4, -0.2) is 56.6 Å². The van der Waals surface area contributed by atoms with Crippen molar-refractivity contribution in [2.24, 2.45) is 18.9 Å². The second-order valence-electron chi connectivity index (χ2n) is 12.5. The Morgan fingerprint density at radius 3 is 1.88 bits per heavy atom.